The van der Waals surface area contributed by atoms with E-state index in [4.69, 9.17) is 26.1 Å². The van der Waals surface area contributed by atoms with Crippen molar-refractivity contribution in [1.29, 1.82) is 0 Å². The van der Waals surface area contributed by atoms with Crippen LogP contribution < -0.4 is 0 Å². The molecule has 8 nitrogen and oxygen atoms in total. The molecule has 1 aliphatic carbocycles. The van der Waals surface area contributed by atoms with Crippen LogP contribution >= 0.6 is 11.6 Å². The van der Waals surface area contributed by atoms with E-state index in [1.807, 2.05) is 28.7 Å². The molecule has 1 unspecified atom stereocenters. The lowest BCUT2D eigenvalue weighted by Gasteiger charge is -2.21. The number of aryl methyl sites for hydroxylation is 1. The van der Waals surface area contributed by atoms with Crippen molar-refractivity contribution >= 4 is 40.0 Å². The van der Waals surface area contributed by atoms with Crippen molar-refractivity contribution in [1.82, 2.24) is 14.5 Å². The highest BCUT2D eigenvalue weighted by molar-refractivity contribution is 6.30. The molecule has 0 amide bonds. The number of ether oxygens (including phenoxy) is 2. The van der Waals surface area contributed by atoms with Crippen molar-refractivity contribution in [3.05, 3.63) is 81.6 Å². The van der Waals surface area contributed by atoms with E-state index in [0.717, 1.165) is 30.7 Å². The number of nitrogens with zero attached hydrogens (tertiary/aromatic N) is 3. The summed E-state index contributed by atoms with van der Waals surface area (Å²) < 4.78 is 12.5. The van der Waals surface area contributed by atoms with Crippen molar-refractivity contribution in [3.63, 3.8) is 0 Å². The number of halogens is 1. The number of allylic oxidation sites excluding steroid dienone is 2. The number of aromatic nitrogens is 3. The molecule has 1 atom stereocenters. The Bertz CT molecular complexity index is 1450. The summed E-state index contributed by atoms with van der Waals surface area (Å²) in [4.78, 5) is 33.5. The van der Waals surface area contributed by atoms with Gasteiger partial charge in [-0.05, 0) is 36.3 Å². The number of unbranched alkanes of at least 4 members (excludes halogenated alkanes) is 1. The van der Waals surface area contributed by atoms with Gasteiger partial charge >= 0.3 is 5.97 Å². The van der Waals surface area contributed by atoms with Crippen molar-refractivity contribution in [3.8, 4) is 0 Å². The third kappa shape index (κ3) is 5.29. The highest BCUT2D eigenvalue weighted by atomic mass is 35.5. The molecule has 0 saturated heterocycles. The molecule has 1 aromatic carbocycles. The molecule has 3 aromatic rings. The fourth-order valence-electron chi connectivity index (χ4n) is 4.51. The second-order valence-electron chi connectivity index (χ2n) is 8.67. The summed E-state index contributed by atoms with van der Waals surface area (Å²) in [6.45, 7) is 2.29. The van der Waals surface area contributed by atoms with E-state index < -0.39 is 12.1 Å². The smallest absolute Gasteiger partial charge is 0.338 e. The number of carbonyl (C=O) groups excluding carboxylic acids is 2. The monoisotopic (exact) mass is 521 g/mol. The summed E-state index contributed by atoms with van der Waals surface area (Å²) in [6.07, 6.45) is 7.20. The van der Waals surface area contributed by atoms with Crippen LogP contribution in [-0.4, -0.2) is 51.9 Å². The summed E-state index contributed by atoms with van der Waals surface area (Å²) in [5, 5.41) is 10.8. The molecule has 0 saturated carbocycles. The second-order valence-corrected chi connectivity index (χ2v) is 9.02. The zero-order valence-corrected chi connectivity index (χ0v) is 21.7. The Labute approximate surface area is 219 Å². The van der Waals surface area contributed by atoms with Crippen LogP contribution in [0.3, 0.4) is 0 Å². The quantitative estimate of drug-likeness (QED) is 0.327. The largest absolute Gasteiger partial charge is 0.465 e. The minimum absolute atomic E-state index is 0.231. The molecule has 0 bridgehead atoms. The topological polar surface area (TPSA) is 104 Å². The van der Waals surface area contributed by atoms with Gasteiger partial charge in [-0.3, -0.25) is 0 Å². The van der Waals surface area contributed by atoms with Gasteiger partial charge in [-0.25, -0.2) is 19.6 Å². The number of fused-ring (bicyclic) bond motifs is 1. The SMILES string of the molecule is CCCCc1nc(Cl)c(CO)n1Cc1ccc2nc(C3=CC=CC(=C=O)C3OC)cc(C(=O)OC)c2c1. The standard InChI is InChI=1S/C28H28ClN3O5/c1-4-5-9-25-31-27(29)24(16-34)32(25)14-17-10-11-22-20(12-17)21(28(35)37-3)13-23(30-22)19-8-6-7-18(15-33)26(19)36-2/h6-8,10-13,26,34H,4-5,9,14,16H2,1-3H3. The van der Waals surface area contributed by atoms with E-state index in [1.54, 1.807) is 24.3 Å². The van der Waals surface area contributed by atoms with E-state index in [9.17, 15) is 14.7 Å². The lowest BCUT2D eigenvalue weighted by Crippen LogP contribution is -2.19. The van der Waals surface area contributed by atoms with Gasteiger partial charge in [0.1, 0.15) is 17.9 Å². The predicted molar refractivity (Wildman–Crippen MR) is 141 cm³/mol. The molecule has 0 aliphatic heterocycles. The number of hydrogen-bond acceptors (Lipinski definition) is 7. The van der Waals surface area contributed by atoms with Gasteiger partial charge in [0, 0.05) is 31.0 Å². The number of aliphatic hydroxyl groups is 1. The summed E-state index contributed by atoms with van der Waals surface area (Å²) in [5.74, 6) is 2.20. The Hall–Kier alpha value is -3.55. The maximum atomic E-state index is 12.8. The average molecular weight is 522 g/mol. The summed E-state index contributed by atoms with van der Waals surface area (Å²) >= 11 is 6.30. The summed E-state index contributed by atoms with van der Waals surface area (Å²) in [5.41, 5.74) is 3.83. The van der Waals surface area contributed by atoms with Crippen LogP contribution in [0, 0.1) is 0 Å². The van der Waals surface area contributed by atoms with Crippen molar-refractivity contribution in [2.45, 2.75) is 45.4 Å². The lowest BCUT2D eigenvalue weighted by atomic mass is 9.93. The van der Waals surface area contributed by atoms with Gasteiger partial charge in [-0.1, -0.05) is 43.2 Å². The Balaban J connectivity index is 1.81. The minimum Gasteiger partial charge on any atom is -0.465 e. The van der Waals surface area contributed by atoms with Crippen molar-refractivity contribution < 1.29 is 24.2 Å². The van der Waals surface area contributed by atoms with E-state index >= 15 is 0 Å². The van der Waals surface area contributed by atoms with E-state index in [2.05, 4.69) is 11.9 Å². The molecule has 9 heteroatoms. The van der Waals surface area contributed by atoms with Crippen LogP contribution in [0.25, 0.3) is 16.5 Å². The zero-order chi connectivity index (χ0) is 26.5. The molecule has 0 fully saturated rings. The van der Waals surface area contributed by atoms with Gasteiger partial charge in [0.25, 0.3) is 0 Å². The molecule has 0 spiro atoms. The Morgan fingerprint density at radius 3 is 2.73 bits per heavy atom. The molecular formula is C28H28ClN3O5. The number of rotatable bonds is 9. The van der Waals surface area contributed by atoms with Gasteiger partial charge in [-0.15, -0.1) is 0 Å². The van der Waals surface area contributed by atoms with Crippen LogP contribution in [0.5, 0.6) is 0 Å². The lowest BCUT2D eigenvalue weighted by molar-refractivity contribution is 0.0603. The van der Waals surface area contributed by atoms with Crippen LogP contribution in [-0.2, 0) is 33.8 Å². The third-order valence-corrected chi connectivity index (χ3v) is 6.69. The number of methoxy groups -OCH3 is 2. The number of pyridine rings is 1. The number of carbonyl (C=O) groups is 1. The van der Waals surface area contributed by atoms with Gasteiger partial charge in [-0.2, -0.15) is 0 Å². The van der Waals surface area contributed by atoms with Crippen molar-refractivity contribution in [2.75, 3.05) is 14.2 Å². The van der Waals surface area contributed by atoms with Gasteiger partial charge in [0.05, 0.1) is 41.8 Å². The van der Waals surface area contributed by atoms with Gasteiger partial charge in [0.2, 0.25) is 0 Å². The highest BCUT2D eigenvalue weighted by Gasteiger charge is 2.25. The Morgan fingerprint density at radius 2 is 2.05 bits per heavy atom. The first-order valence-corrected chi connectivity index (χ1v) is 12.4. The van der Waals surface area contributed by atoms with Gasteiger partial charge in [0.15, 0.2) is 5.15 Å². The zero-order valence-electron chi connectivity index (χ0n) is 21.0. The van der Waals surface area contributed by atoms with Gasteiger partial charge < -0.3 is 19.1 Å². The van der Waals surface area contributed by atoms with E-state index in [1.165, 1.54) is 14.2 Å². The fraction of sp³-hybridized carbons (Fsp3) is 0.321. The van der Waals surface area contributed by atoms with E-state index in [-0.39, 0.29) is 6.61 Å². The first kappa shape index (κ1) is 26.5. The summed E-state index contributed by atoms with van der Waals surface area (Å²) in [7, 11) is 2.83. The molecule has 37 heavy (non-hydrogen) atoms. The molecule has 1 aliphatic rings. The maximum Gasteiger partial charge on any atom is 0.338 e. The number of benzene rings is 1. The average Bonchev–Trinajstić information content (AvgIpc) is 3.23. The normalized spacial score (nSPS) is 15.1. The van der Waals surface area contributed by atoms with Crippen molar-refractivity contribution in [2.24, 2.45) is 0 Å². The Morgan fingerprint density at radius 1 is 1.24 bits per heavy atom. The van der Waals surface area contributed by atoms with Crippen LogP contribution in [0.2, 0.25) is 5.15 Å². The number of aliphatic hydroxyl groups excluding tert-OH is 1. The third-order valence-electron chi connectivity index (χ3n) is 6.39. The molecule has 0 radical (unpaired) electrons. The number of imidazole rings is 1. The fourth-order valence-corrected chi connectivity index (χ4v) is 4.77. The first-order chi connectivity index (χ1) is 17.9. The molecule has 4 rings (SSSR count). The molecule has 1 N–H and O–H groups in total. The molecule has 2 aromatic heterocycles. The molecule has 2 heterocycles. The first-order valence-electron chi connectivity index (χ1n) is 12.0. The Kier molecular flexibility index (Phi) is 8.36. The summed E-state index contributed by atoms with van der Waals surface area (Å²) in [6, 6.07) is 7.29. The highest BCUT2D eigenvalue weighted by Crippen LogP contribution is 2.31. The van der Waals surface area contributed by atoms with E-state index in [0.29, 0.717) is 50.7 Å². The maximum absolute atomic E-state index is 12.8. The van der Waals surface area contributed by atoms with Crippen LogP contribution in [0.15, 0.2) is 48.1 Å². The van der Waals surface area contributed by atoms with Crippen LogP contribution in [0.4, 0.5) is 0 Å². The minimum atomic E-state index is -0.651. The second kappa shape index (κ2) is 11.7. The van der Waals surface area contributed by atoms with Crippen LogP contribution in [0.1, 0.15) is 52.9 Å². The number of esters is 1. The predicted octanol–water partition coefficient (Wildman–Crippen LogP) is 4.48. The number of hydrogen-bond donors (Lipinski definition) is 1. The molecular weight excluding hydrogens is 494 g/mol. The molecule has 192 valence electrons.